The van der Waals surface area contributed by atoms with Crippen LogP contribution >= 0.6 is 11.3 Å². The van der Waals surface area contributed by atoms with Crippen LogP contribution in [0.25, 0.3) is 0 Å². The van der Waals surface area contributed by atoms with Gasteiger partial charge in [-0.25, -0.2) is 14.8 Å². The lowest BCUT2D eigenvalue weighted by Crippen LogP contribution is -2.39. The number of aryl methyl sites for hydroxylation is 1. The molecule has 0 aromatic carbocycles. The molecule has 0 unspecified atom stereocenters. The van der Waals surface area contributed by atoms with Crippen molar-refractivity contribution in [2.45, 2.75) is 32.2 Å². The second-order valence-electron chi connectivity index (χ2n) is 5.61. The van der Waals surface area contributed by atoms with E-state index in [0.29, 0.717) is 5.13 Å². The Labute approximate surface area is 140 Å². The minimum Gasteiger partial charge on any atom is -0.354 e. The predicted octanol–water partition coefficient (Wildman–Crippen LogP) is 2.89. The molecule has 2 aromatic rings. The van der Waals surface area contributed by atoms with Crippen LogP contribution in [0.2, 0.25) is 0 Å². The normalized spacial score (nSPS) is 17.3. The SMILES string of the molecule is CCCc1csc(NC(=O)N[C@H]2CCN(c3ccccn3)C2)n1. The number of urea groups is 1. The first-order valence-corrected chi connectivity index (χ1v) is 8.80. The van der Waals surface area contributed by atoms with E-state index in [1.165, 1.54) is 11.3 Å². The maximum absolute atomic E-state index is 12.1. The van der Waals surface area contributed by atoms with Gasteiger partial charge in [-0.1, -0.05) is 19.4 Å². The van der Waals surface area contributed by atoms with Crippen LogP contribution in [0.5, 0.6) is 0 Å². The number of nitrogens with one attached hydrogen (secondary N) is 2. The summed E-state index contributed by atoms with van der Waals surface area (Å²) in [4.78, 5) is 23.0. The molecule has 7 heteroatoms. The molecule has 3 heterocycles. The van der Waals surface area contributed by atoms with Gasteiger partial charge in [0.1, 0.15) is 5.82 Å². The van der Waals surface area contributed by atoms with Crippen LogP contribution in [-0.2, 0) is 6.42 Å². The highest BCUT2D eigenvalue weighted by Crippen LogP contribution is 2.18. The quantitative estimate of drug-likeness (QED) is 0.884. The summed E-state index contributed by atoms with van der Waals surface area (Å²) in [6, 6.07) is 5.82. The molecule has 2 aromatic heterocycles. The van der Waals surface area contributed by atoms with E-state index in [0.717, 1.165) is 43.9 Å². The first-order chi connectivity index (χ1) is 11.2. The van der Waals surface area contributed by atoms with Crippen molar-refractivity contribution in [1.29, 1.82) is 0 Å². The van der Waals surface area contributed by atoms with Crippen LogP contribution in [0.15, 0.2) is 29.8 Å². The first kappa shape index (κ1) is 15.7. The molecule has 1 aliphatic heterocycles. The van der Waals surface area contributed by atoms with Crippen molar-refractivity contribution in [2.24, 2.45) is 0 Å². The van der Waals surface area contributed by atoms with Gasteiger partial charge in [0.15, 0.2) is 5.13 Å². The number of rotatable bonds is 5. The molecular formula is C16H21N5OS. The smallest absolute Gasteiger partial charge is 0.321 e. The fourth-order valence-electron chi connectivity index (χ4n) is 2.68. The number of nitrogens with zero attached hydrogens (tertiary/aromatic N) is 3. The van der Waals surface area contributed by atoms with Crippen LogP contribution in [0.4, 0.5) is 15.7 Å². The zero-order chi connectivity index (χ0) is 16.1. The van der Waals surface area contributed by atoms with Crippen LogP contribution in [0, 0.1) is 0 Å². The molecule has 2 amide bonds. The zero-order valence-corrected chi connectivity index (χ0v) is 14.0. The van der Waals surface area contributed by atoms with E-state index < -0.39 is 0 Å². The van der Waals surface area contributed by atoms with Gasteiger partial charge in [0.2, 0.25) is 0 Å². The van der Waals surface area contributed by atoms with Crippen molar-refractivity contribution in [3.8, 4) is 0 Å². The Morgan fingerprint density at radius 2 is 2.39 bits per heavy atom. The molecule has 1 atom stereocenters. The van der Waals surface area contributed by atoms with Gasteiger partial charge in [-0.05, 0) is 25.0 Å². The van der Waals surface area contributed by atoms with E-state index in [9.17, 15) is 4.79 Å². The van der Waals surface area contributed by atoms with Crippen LogP contribution < -0.4 is 15.5 Å². The summed E-state index contributed by atoms with van der Waals surface area (Å²) in [5.74, 6) is 0.960. The Morgan fingerprint density at radius 3 is 3.17 bits per heavy atom. The minimum atomic E-state index is -0.185. The monoisotopic (exact) mass is 331 g/mol. The van der Waals surface area contributed by atoms with Gasteiger partial charge < -0.3 is 10.2 Å². The van der Waals surface area contributed by atoms with Crippen molar-refractivity contribution < 1.29 is 4.79 Å². The van der Waals surface area contributed by atoms with Gasteiger partial charge >= 0.3 is 6.03 Å². The van der Waals surface area contributed by atoms with Crippen molar-refractivity contribution in [1.82, 2.24) is 15.3 Å². The van der Waals surface area contributed by atoms with Crippen molar-refractivity contribution in [3.63, 3.8) is 0 Å². The van der Waals surface area contributed by atoms with Gasteiger partial charge in [-0.15, -0.1) is 11.3 Å². The fraction of sp³-hybridized carbons (Fsp3) is 0.438. The number of pyridine rings is 1. The van der Waals surface area contributed by atoms with E-state index in [2.05, 4.69) is 32.4 Å². The summed E-state index contributed by atoms with van der Waals surface area (Å²) >= 11 is 1.47. The summed E-state index contributed by atoms with van der Waals surface area (Å²) in [6.07, 6.45) is 4.71. The highest BCUT2D eigenvalue weighted by atomic mass is 32.1. The fourth-order valence-corrected chi connectivity index (χ4v) is 3.42. The third kappa shape index (κ3) is 4.19. The summed E-state index contributed by atoms with van der Waals surface area (Å²) < 4.78 is 0. The maximum Gasteiger partial charge on any atom is 0.321 e. The zero-order valence-electron chi connectivity index (χ0n) is 13.2. The van der Waals surface area contributed by atoms with E-state index in [1.807, 2.05) is 23.6 Å². The number of aromatic nitrogens is 2. The molecule has 0 bridgehead atoms. The Morgan fingerprint density at radius 1 is 1.48 bits per heavy atom. The molecule has 1 aliphatic rings. The highest BCUT2D eigenvalue weighted by molar-refractivity contribution is 7.13. The van der Waals surface area contributed by atoms with Gasteiger partial charge in [0, 0.05) is 30.7 Å². The number of amides is 2. The number of anilines is 2. The molecule has 0 spiro atoms. The van der Waals surface area contributed by atoms with E-state index in [-0.39, 0.29) is 12.1 Å². The minimum absolute atomic E-state index is 0.132. The maximum atomic E-state index is 12.1. The summed E-state index contributed by atoms with van der Waals surface area (Å²) in [5.41, 5.74) is 1.04. The van der Waals surface area contributed by atoms with Crippen molar-refractivity contribution >= 4 is 28.3 Å². The molecule has 6 nitrogen and oxygen atoms in total. The van der Waals surface area contributed by atoms with Crippen LogP contribution in [0.1, 0.15) is 25.5 Å². The molecule has 1 fully saturated rings. The number of carbonyl (C=O) groups excluding carboxylic acids is 1. The molecule has 1 saturated heterocycles. The second kappa shape index (κ2) is 7.41. The number of thiazole rings is 1. The lowest BCUT2D eigenvalue weighted by Gasteiger charge is -2.17. The van der Waals surface area contributed by atoms with Crippen molar-refractivity contribution in [3.05, 3.63) is 35.5 Å². The topological polar surface area (TPSA) is 70.2 Å². The Kier molecular flexibility index (Phi) is 5.07. The lowest BCUT2D eigenvalue weighted by molar-refractivity contribution is 0.249. The molecule has 0 radical (unpaired) electrons. The third-order valence-corrected chi connectivity index (χ3v) is 4.58. The molecule has 2 N–H and O–H groups in total. The first-order valence-electron chi connectivity index (χ1n) is 7.92. The second-order valence-corrected chi connectivity index (χ2v) is 6.47. The largest absolute Gasteiger partial charge is 0.354 e. The van der Waals surface area contributed by atoms with Gasteiger partial charge in [0.05, 0.1) is 5.69 Å². The van der Waals surface area contributed by atoms with E-state index in [1.54, 1.807) is 6.20 Å². The average molecular weight is 331 g/mol. The highest BCUT2D eigenvalue weighted by Gasteiger charge is 2.24. The molecule has 0 aliphatic carbocycles. The third-order valence-electron chi connectivity index (χ3n) is 3.78. The van der Waals surface area contributed by atoms with Crippen LogP contribution in [0.3, 0.4) is 0 Å². The predicted molar refractivity (Wildman–Crippen MR) is 93.1 cm³/mol. The molecule has 23 heavy (non-hydrogen) atoms. The molecule has 0 saturated carbocycles. The standard InChI is InChI=1S/C16H21N5OS/c1-2-5-13-11-23-16(19-13)20-15(22)18-12-7-9-21(10-12)14-6-3-4-8-17-14/h3-4,6,8,11-12H,2,5,7,9-10H2,1H3,(H2,18,19,20,22)/t12-/m0/s1. The van der Waals surface area contributed by atoms with Gasteiger partial charge in [-0.2, -0.15) is 0 Å². The summed E-state index contributed by atoms with van der Waals surface area (Å²) in [7, 11) is 0. The molecule has 3 rings (SSSR count). The Hall–Kier alpha value is -2.15. The number of carbonyl (C=O) groups is 1. The van der Waals surface area contributed by atoms with Gasteiger partial charge in [0.25, 0.3) is 0 Å². The number of hydrogen-bond donors (Lipinski definition) is 2. The Bertz CT molecular complexity index is 645. The number of hydrogen-bond acceptors (Lipinski definition) is 5. The van der Waals surface area contributed by atoms with E-state index in [4.69, 9.17) is 0 Å². The Balaban J connectivity index is 1.48. The summed E-state index contributed by atoms with van der Waals surface area (Å²) in [5, 5.41) is 8.50. The molecule has 122 valence electrons. The van der Waals surface area contributed by atoms with E-state index >= 15 is 0 Å². The van der Waals surface area contributed by atoms with Crippen molar-refractivity contribution in [2.75, 3.05) is 23.3 Å². The van der Waals surface area contributed by atoms with Gasteiger partial charge in [-0.3, -0.25) is 5.32 Å². The molecular weight excluding hydrogens is 310 g/mol. The van der Waals surface area contributed by atoms with Crippen LogP contribution in [-0.4, -0.2) is 35.1 Å². The lowest BCUT2D eigenvalue weighted by atomic mass is 10.3. The average Bonchev–Trinajstić information content (AvgIpc) is 3.18. The summed E-state index contributed by atoms with van der Waals surface area (Å²) in [6.45, 7) is 3.80.